The lowest BCUT2D eigenvalue weighted by molar-refractivity contribution is -0.132. The van der Waals surface area contributed by atoms with Crippen molar-refractivity contribution < 1.29 is 9.59 Å². The van der Waals surface area contributed by atoms with Crippen LogP contribution < -0.4 is 5.73 Å². The number of pyridine rings is 2. The molecule has 0 spiro atoms. The number of amides is 2. The minimum absolute atomic E-state index is 0.0518. The van der Waals surface area contributed by atoms with Crippen LogP contribution in [0.5, 0.6) is 0 Å². The van der Waals surface area contributed by atoms with E-state index in [1.807, 2.05) is 18.2 Å². The van der Waals surface area contributed by atoms with Gasteiger partial charge in [0.1, 0.15) is 0 Å². The maximum absolute atomic E-state index is 12.6. The summed E-state index contributed by atoms with van der Waals surface area (Å²) >= 11 is 0. The number of nitrogens with two attached hydrogens (primary N) is 1. The Labute approximate surface area is 146 Å². The van der Waals surface area contributed by atoms with Gasteiger partial charge in [0.2, 0.25) is 5.91 Å². The highest BCUT2D eigenvalue weighted by Crippen LogP contribution is 2.15. The van der Waals surface area contributed by atoms with Crippen molar-refractivity contribution in [2.75, 3.05) is 32.7 Å². The number of hydrogen-bond donors (Lipinski definition) is 1. The van der Waals surface area contributed by atoms with E-state index >= 15 is 0 Å². The molecule has 0 bridgehead atoms. The van der Waals surface area contributed by atoms with Crippen LogP contribution in [0.2, 0.25) is 0 Å². The third-order valence-corrected chi connectivity index (χ3v) is 4.22. The van der Waals surface area contributed by atoms with Gasteiger partial charge in [-0.3, -0.25) is 19.6 Å². The predicted octanol–water partition coefficient (Wildman–Crippen LogP) is 0.777. The molecule has 2 aromatic heterocycles. The fourth-order valence-corrected chi connectivity index (χ4v) is 2.81. The SMILES string of the molecule is NCCC(=O)N1CCN(C(=O)c2ccc(-c3ccccn3)nc2)CC1. The van der Waals surface area contributed by atoms with Gasteiger partial charge in [-0.05, 0) is 24.3 Å². The summed E-state index contributed by atoms with van der Waals surface area (Å²) in [6.07, 6.45) is 3.65. The molecule has 1 fully saturated rings. The van der Waals surface area contributed by atoms with Gasteiger partial charge in [-0.15, -0.1) is 0 Å². The van der Waals surface area contributed by atoms with Crippen molar-refractivity contribution in [2.24, 2.45) is 5.73 Å². The summed E-state index contributed by atoms with van der Waals surface area (Å²) in [5, 5.41) is 0. The normalized spacial score (nSPS) is 14.4. The average Bonchev–Trinajstić information content (AvgIpc) is 2.68. The second-order valence-electron chi connectivity index (χ2n) is 5.86. The number of rotatable bonds is 4. The van der Waals surface area contributed by atoms with Crippen LogP contribution in [0.25, 0.3) is 11.4 Å². The second kappa shape index (κ2) is 7.85. The molecule has 0 saturated carbocycles. The molecule has 1 aliphatic rings. The molecule has 0 atom stereocenters. The number of carbonyl (C=O) groups excluding carboxylic acids is 2. The molecule has 0 aromatic carbocycles. The standard InChI is InChI=1S/C18H21N5O2/c19-7-6-17(24)22-9-11-23(12-10-22)18(25)14-4-5-16(21-13-14)15-3-1-2-8-20-15/h1-5,8,13H,6-7,9-12,19H2. The molecular formula is C18H21N5O2. The zero-order valence-electron chi connectivity index (χ0n) is 14.0. The molecule has 1 aliphatic heterocycles. The van der Waals surface area contributed by atoms with Crippen LogP contribution in [0.3, 0.4) is 0 Å². The molecule has 0 radical (unpaired) electrons. The highest BCUT2D eigenvalue weighted by molar-refractivity contribution is 5.94. The summed E-state index contributed by atoms with van der Waals surface area (Å²) in [6, 6.07) is 9.19. The summed E-state index contributed by atoms with van der Waals surface area (Å²) in [7, 11) is 0. The minimum atomic E-state index is -0.0639. The fourth-order valence-electron chi connectivity index (χ4n) is 2.81. The second-order valence-corrected chi connectivity index (χ2v) is 5.86. The smallest absolute Gasteiger partial charge is 0.255 e. The summed E-state index contributed by atoms with van der Waals surface area (Å²) in [5.41, 5.74) is 7.46. The number of carbonyl (C=O) groups is 2. The third-order valence-electron chi connectivity index (χ3n) is 4.22. The highest BCUT2D eigenvalue weighted by Gasteiger charge is 2.24. The van der Waals surface area contributed by atoms with Gasteiger partial charge in [0.25, 0.3) is 5.91 Å². The first-order valence-corrected chi connectivity index (χ1v) is 8.33. The van der Waals surface area contributed by atoms with Crippen molar-refractivity contribution in [3.8, 4) is 11.4 Å². The van der Waals surface area contributed by atoms with Crippen LogP contribution in [0.1, 0.15) is 16.8 Å². The lowest BCUT2D eigenvalue weighted by atomic mass is 10.2. The maximum Gasteiger partial charge on any atom is 0.255 e. The van der Waals surface area contributed by atoms with E-state index in [9.17, 15) is 9.59 Å². The average molecular weight is 339 g/mol. The molecule has 25 heavy (non-hydrogen) atoms. The molecule has 130 valence electrons. The van der Waals surface area contributed by atoms with Gasteiger partial charge in [0.05, 0.1) is 17.0 Å². The fraction of sp³-hybridized carbons (Fsp3) is 0.333. The van der Waals surface area contributed by atoms with Gasteiger partial charge in [-0.25, -0.2) is 0 Å². The Bertz CT molecular complexity index is 725. The van der Waals surface area contributed by atoms with E-state index < -0.39 is 0 Å². The van der Waals surface area contributed by atoms with Crippen molar-refractivity contribution in [1.29, 1.82) is 0 Å². The van der Waals surface area contributed by atoms with Gasteiger partial charge < -0.3 is 15.5 Å². The molecule has 2 N–H and O–H groups in total. The van der Waals surface area contributed by atoms with Crippen LogP contribution in [0.15, 0.2) is 42.7 Å². The summed E-state index contributed by atoms with van der Waals surface area (Å²) in [6.45, 7) is 2.49. The van der Waals surface area contributed by atoms with Gasteiger partial charge in [0.15, 0.2) is 0 Å². The maximum atomic E-state index is 12.6. The number of nitrogens with zero attached hydrogens (tertiary/aromatic N) is 4. The summed E-state index contributed by atoms with van der Waals surface area (Å²) in [4.78, 5) is 36.5. The Morgan fingerprint density at radius 1 is 0.960 bits per heavy atom. The number of piperazine rings is 1. The first-order chi connectivity index (χ1) is 12.2. The van der Waals surface area contributed by atoms with Crippen LogP contribution >= 0.6 is 0 Å². The van der Waals surface area contributed by atoms with Crippen molar-refractivity contribution in [3.63, 3.8) is 0 Å². The lowest BCUT2D eigenvalue weighted by Crippen LogP contribution is -2.50. The third kappa shape index (κ3) is 4.00. The summed E-state index contributed by atoms with van der Waals surface area (Å²) < 4.78 is 0. The molecule has 2 amide bonds. The van der Waals surface area contributed by atoms with E-state index in [4.69, 9.17) is 5.73 Å². The van der Waals surface area contributed by atoms with E-state index in [-0.39, 0.29) is 11.8 Å². The topological polar surface area (TPSA) is 92.4 Å². The minimum Gasteiger partial charge on any atom is -0.339 e. The molecule has 7 nitrogen and oxygen atoms in total. The van der Waals surface area contributed by atoms with Crippen molar-refractivity contribution in [3.05, 3.63) is 48.3 Å². The molecular weight excluding hydrogens is 318 g/mol. The molecule has 1 saturated heterocycles. The Morgan fingerprint density at radius 2 is 1.68 bits per heavy atom. The van der Waals surface area contributed by atoms with E-state index in [0.717, 1.165) is 11.4 Å². The summed E-state index contributed by atoms with van der Waals surface area (Å²) in [5.74, 6) is -0.0121. The van der Waals surface area contributed by atoms with E-state index in [1.165, 1.54) is 0 Å². The largest absolute Gasteiger partial charge is 0.339 e. The quantitative estimate of drug-likeness (QED) is 0.888. The van der Waals surface area contributed by atoms with Gasteiger partial charge in [-0.1, -0.05) is 6.07 Å². The number of aromatic nitrogens is 2. The van der Waals surface area contributed by atoms with Crippen LogP contribution in [0.4, 0.5) is 0 Å². The van der Waals surface area contributed by atoms with Crippen LogP contribution in [0, 0.1) is 0 Å². The number of hydrogen-bond acceptors (Lipinski definition) is 5. The monoisotopic (exact) mass is 339 g/mol. The van der Waals surface area contributed by atoms with Crippen molar-refractivity contribution in [1.82, 2.24) is 19.8 Å². The Balaban J connectivity index is 1.61. The highest BCUT2D eigenvalue weighted by atomic mass is 16.2. The molecule has 0 aliphatic carbocycles. The zero-order chi connectivity index (χ0) is 17.6. The van der Waals surface area contributed by atoms with E-state index in [0.29, 0.717) is 44.7 Å². The molecule has 2 aromatic rings. The van der Waals surface area contributed by atoms with E-state index in [1.54, 1.807) is 34.3 Å². The van der Waals surface area contributed by atoms with Crippen molar-refractivity contribution >= 4 is 11.8 Å². The Kier molecular flexibility index (Phi) is 5.35. The molecule has 0 unspecified atom stereocenters. The van der Waals surface area contributed by atoms with Crippen LogP contribution in [-0.2, 0) is 4.79 Å². The molecule has 7 heteroatoms. The van der Waals surface area contributed by atoms with Crippen LogP contribution in [-0.4, -0.2) is 64.3 Å². The molecule has 3 rings (SSSR count). The van der Waals surface area contributed by atoms with Gasteiger partial charge >= 0.3 is 0 Å². The molecule has 3 heterocycles. The first kappa shape index (κ1) is 17.0. The Hall–Kier alpha value is -2.80. The van der Waals surface area contributed by atoms with Gasteiger partial charge in [-0.2, -0.15) is 0 Å². The van der Waals surface area contributed by atoms with E-state index in [2.05, 4.69) is 9.97 Å². The zero-order valence-corrected chi connectivity index (χ0v) is 14.0. The van der Waals surface area contributed by atoms with Crippen molar-refractivity contribution in [2.45, 2.75) is 6.42 Å². The predicted molar refractivity (Wildman–Crippen MR) is 93.6 cm³/mol. The first-order valence-electron chi connectivity index (χ1n) is 8.33. The van der Waals surface area contributed by atoms with Gasteiger partial charge in [0, 0.05) is 51.5 Å². The lowest BCUT2D eigenvalue weighted by Gasteiger charge is -2.34. The Morgan fingerprint density at radius 3 is 2.28 bits per heavy atom.